The summed E-state index contributed by atoms with van der Waals surface area (Å²) in [4.78, 5) is 0. The normalized spacial score (nSPS) is 12.9. The van der Waals surface area contributed by atoms with Gasteiger partial charge < -0.3 is 0 Å². The summed E-state index contributed by atoms with van der Waals surface area (Å²) in [6.07, 6.45) is -0.133. The Labute approximate surface area is 239 Å². The van der Waals surface area contributed by atoms with Gasteiger partial charge in [0, 0.05) is 27.3 Å². The monoisotopic (exact) mass is 1550 g/mol. The molecule has 0 saturated heterocycles. The summed E-state index contributed by atoms with van der Waals surface area (Å²) in [7, 11) is 0. The Hall–Kier alpha value is 5.21. The Balaban J connectivity index is 0. The van der Waals surface area contributed by atoms with Crippen LogP contribution in [0.5, 0.6) is 0 Å². The Morgan fingerprint density at radius 3 is 1.12 bits per heavy atom. The summed E-state index contributed by atoms with van der Waals surface area (Å²) < 4.78 is 48.0. The molecular weight excluding hydrogens is 1520 g/mol. The molecule has 0 amide bonds. The first-order chi connectivity index (χ1) is 11.5. The second-order valence-electron chi connectivity index (χ2n) is 6.07. The van der Waals surface area contributed by atoms with E-state index in [1.807, 2.05) is 55.4 Å². The SMILES string of the molecule is CC(C)[O][Pb]([O][Pb])[O][Pb]([O]C(C)C)([O]C(C)C)[O][Pb]([O][Pb])[O]C(C)C.[Pb]. The largest absolute Gasteiger partial charge is 0 e. The van der Waals surface area contributed by atoms with Crippen LogP contribution in [0.2, 0.25) is 0 Å². The summed E-state index contributed by atoms with van der Waals surface area (Å²) in [5.74, 6) is 0. The molecule has 0 spiro atoms. The van der Waals surface area contributed by atoms with Crippen LogP contribution >= 0.6 is 0 Å². The quantitative estimate of drug-likeness (QED) is 0.239. The summed E-state index contributed by atoms with van der Waals surface area (Å²) in [5, 5.41) is 0. The molecule has 0 aliphatic carbocycles. The van der Waals surface area contributed by atoms with Crippen molar-refractivity contribution in [2.24, 2.45) is 0 Å². The minimum Gasteiger partial charge on any atom is 0 e. The Kier molecular flexibility index (Phi) is 23.9. The second-order valence-corrected chi connectivity index (χ2v) is 48.5. The maximum Gasteiger partial charge on any atom is 0 e. The van der Waals surface area contributed by atoms with Gasteiger partial charge in [-0.15, -0.1) is 0 Å². The fraction of sp³-hybridized carbons (Fsp3) is 1.00. The van der Waals surface area contributed by atoms with Crippen LogP contribution in [0.3, 0.4) is 0 Å². The van der Waals surface area contributed by atoms with Gasteiger partial charge in [0.05, 0.1) is 0 Å². The molecule has 0 atom stereocenters. The van der Waals surface area contributed by atoms with Crippen molar-refractivity contribution >= 4 is 151 Å². The van der Waals surface area contributed by atoms with Crippen LogP contribution in [-0.2, 0) is 13.3 Å². The van der Waals surface area contributed by atoms with Crippen molar-refractivity contribution in [3.05, 3.63) is 0 Å². The molecule has 14 heteroatoms. The molecule has 148 valence electrons. The fourth-order valence-corrected chi connectivity index (χ4v) is 81.5. The summed E-state index contributed by atoms with van der Waals surface area (Å²) in [6, 6.07) is 0. The van der Waals surface area contributed by atoms with Gasteiger partial charge in [0.2, 0.25) is 0 Å². The first-order valence-electron chi connectivity index (χ1n) is 8.01. The van der Waals surface area contributed by atoms with Crippen LogP contribution in [0.25, 0.3) is 0 Å². The third-order valence-corrected chi connectivity index (χ3v) is 57.4. The van der Waals surface area contributed by atoms with Gasteiger partial charge in [0.25, 0.3) is 0 Å². The zero-order chi connectivity index (χ0) is 19.6. The van der Waals surface area contributed by atoms with Gasteiger partial charge in [-0.25, -0.2) is 0 Å². The van der Waals surface area contributed by atoms with Crippen molar-refractivity contribution in [2.75, 3.05) is 0 Å². The third kappa shape index (κ3) is 16.8. The van der Waals surface area contributed by atoms with Gasteiger partial charge in [-0.1, -0.05) is 0 Å². The van der Waals surface area contributed by atoms with Gasteiger partial charge in [-0.2, -0.15) is 0 Å². The minimum atomic E-state index is -4.56. The first-order valence-corrected chi connectivity index (χ1v) is 27.1. The molecule has 0 saturated carbocycles. The van der Waals surface area contributed by atoms with E-state index < -0.39 is 71.1 Å². The van der Waals surface area contributed by atoms with Crippen LogP contribution in [0.4, 0.5) is 0 Å². The predicted molar refractivity (Wildman–Crippen MR) is 104 cm³/mol. The van der Waals surface area contributed by atoms with Gasteiger partial charge in [-0.05, 0) is 0 Å². The Morgan fingerprint density at radius 1 is 0.615 bits per heavy atom. The van der Waals surface area contributed by atoms with Crippen molar-refractivity contribution in [3.63, 3.8) is 0 Å². The summed E-state index contributed by atoms with van der Waals surface area (Å²) >= 11 is -9.91. The van der Waals surface area contributed by atoms with E-state index in [9.17, 15) is 0 Å². The summed E-state index contributed by atoms with van der Waals surface area (Å²) in [5.41, 5.74) is 0. The van der Waals surface area contributed by atoms with Gasteiger partial charge in [-0.3, -0.25) is 0 Å². The molecule has 0 aromatic rings. The van der Waals surface area contributed by atoms with E-state index >= 15 is 0 Å². The average Bonchev–Trinajstić information content (AvgIpc) is 2.43. The molecule has 0 bridgehead atoms. The molecular formula is C12H28O8Pb6. The number of hydrogen-bond acceptors (Lipinski definition) is 8. The molecule has 8 nitrogen and oxygen atoms in total. The van der Waals surface area contributed by atoms with Crippen molar-refractivity contribution in [1.29, 1.82) is 0 Å². The van der Waals surface area contributed by atoms with Crippen molar-refractivity contribution in [2.45, 2.75) is 79.8 Å². The molecule has 0 aliphatic rings. The Morgan fingerprint density at radius 2 is 0.923 bits per heavy atom. The minimum absolute atomic E-state index is 0. The van der Waals surface area contributed by atoms with Crippen molar-refractivity contribution in [1.82, 2.24) is 0 Å². The van der Waals surface area contributed by atoms with E-state index in [1.54, 1.807) is 0 Å². The van der Waals surface area contributed by atoms with E-state index in [0.29, 0.717) is 52.4 Å². The first kappa shape index (κ1) is 33.4. The number of hydrogen-bond donors (Lipinski definition) is 0. The van der Waals surface area contributed by atoms with E-state index in [2.05, 4.69) is 0 Å². The zero-order valence-corrected chi connectivity index (χ0v) is 39.9. The molecule has 26 heavy (non-hydrogen) atoms. The van der Waals surface area contributed by atoms with E-state index in [1.165, 1.54) is 0 Å². The molecule has 0 aromatic heterocycles. The number of rotatable bonds is 14. The van der Waals surface area contributed by atoms with E-state index in [4.69, 9.17) is 13.3 Å². The van der Waals surface area contributed by atoms with Crippen molar-refractivity contribution in [3.8, 4) is 0 Å². The smallest absolute Gasteiger partial charge is 0 e. The van der Waals surface area contributed by atoms with Crippen LogP contribution in [0.1, 0.15) is 55.4 Å². The molecule has 0 N–H and O–H groups in total. The average molecular weight is 1540 g/mol. The molecule has 0 unspecified atom stereocenters. The van der Waals surface area contributed by atoms with Crippen LogP contribution in [0.15, 0.2) is 0 Å². The van der Waals surface area contributed by atoms with E-state index in [-0.39, 0.29) is 51.7 Å². The van der Waals surface area contributed by atoms with Gasteiger partial charge in [0.15, 0.2) is 0 Å². The maximum atomic E-state index is 6.30. The van der Waals surface area contributed by atoms with Crippen LogP contribution in [0, 0.1) is 0 Å². The zero-order valence-electron chi connectivity index (χ0n) is 16.6. The summed E-state index contributed by atoms with van der Waals surface area (Å²) in [6.45, 7) is 15.6. The fourth-order valence-electron chi connectivity index (χ4n) is 1.45. The molecule has 0 aromatic carbocycles. The van der Waals surface area contributed by atoms with Gasteiger partial charge >= 0.3 is 217 Å². The molecule has 0 fully saturated rings. The van der Waals surface area contributed by atoms with Gasteiger partial charge in [0.1, 0.15) is 0 Å². The van der Waals surface area contributed by atoms with Crippen molar-refractivity contribution < 1.29 is 13.3 Å². The Bertz CT molecular complexity index is 318. The molecule has 12 radical (unpaired) electrons. The standard InChI is InChI=1S/4C3H7O.4O.6Pb/c4*1-3(2)4;;;;;;;;;;/h4*3H,1-2H3;;;;;;;;;;/q4*-1;;;;;;;;2*+1;+2. The maximum absolute atomic E-state index is 6.30. The predicted octanol–water partition coefficient (Wildman–Crippen LogP) is 0.944. The molecule has 0 heterocycles. The second kappa shape index (κ2) is 18.6. The molecule has 0 rings (SSSR count). The van der Waals surface area contributed by atoms with Crippen LogP contribution < -0.4 is 0 Å². The topological polar surface area (TPSA) is 73.8 Å². The van der Waals surface area contributed by atoms with Crippen LogP contribution in [-0.4, -0.2) is 175 Å². The third-order valence-electron chi connectivity index (χ3n) is 2.01. The van der Waals surface area contributed by atoms with E-state index in [0.717, 1.165) is 0 Å². The molecule has 0 aliphatic heterocycles.